The number of aryl methyl sites for hydroxylation is 1. The maximum atomic E-state index is 10.2. The molecule has 4 rings (SSSR count). The number of aliphatic hydroxyl groups is 1. The highest BCUT2D eigenvalue weighted by molar-refractivity contribution is 5.47. The van der Waals surface area contributed by atoms with Gasteiger partial charge >= 0.3 is 0 Å². The molecule has 0 spiro atoms. The third-order valence-corrected chi connectivity index (χ3v) is 5.32. The third-order valence-electron chi connectivity index (χ3n) is 5.32. The Hall–Kier alpha value is -2.04. The van der Waals surface area contributed by atoms with E-state index in [2.05, 4.69) is 35.6 Å². The predicted molar refractivity (Wildman–Crippen MR) is 97.0 cm³/mol. The van der Waals surface area contributed by atoms with Crippen molar-refractivity contribution in [3.8, 4) is 11.5 Å². The second-order valence-electron chi connectivity index (χ2n) is 6.90. The minimum atomic E-state index is -0.386. The lowest BCUT2D eigenvalue weighted by molar-refractivity contribution is 0.139. The van der Waals surface area contributed by atoms with Gasteiger partial charge in [0.1, 0.15) is 0 Å². The number of fused-ring (bicyclic) bond motifs is 2. The number of hydrogen-bond donors (Lipinski definition) is 2. The van der Waals surface area contributed by atoms with Crippen LogP contribution in [-0.2, 0) is 18.5 Å². The van der Waals surface area contributed by atoms with E-state index in [1.165, 1.54) is 11.1 Å². The van der Waals surface area contributed by atoms with Gasteiger partial charge in [-0.2, -0.15) is 0 Å². The Kier molecular flexibility index (Phi) is 4.64. The summed E-state index contributed by atoms with van der Waals surface area (Å²) in [5.41, 5.74) is 3.25. The Morgan fingerprint density at radius 2 is 1.88 bits per heavy atom. The molecule has 1 atom stereocenters. The summed E-state index contributed by atoms with van der Waals surface area (Å²) in [6.07, 6.45) is 4.00. The molecule has 0 saturated carbocycles. The van der Waals surface area contributed by atoms with Crippen molar-refractivity contribution < 1.29 is 14.6 Å². The smallest absolute Gasteiger partial charge is 0.165 e. The van der Waals surface area contributed by atoms with Crippen molar-refractivity contribution in [2.24, 2.45) is 0 Å². The van der Waals surface area contributed by atoms with Crippen LogP contribution < -0.4 is 14.8 Å². The van der Waals surface area contributed by atoms with Crippen LogP contribution >= 0.6 is 0 Å². The molecule has 1 heterocycles. The summed E-state index contributed by atoms with van der Waals surface area (Å²) < 4.78 is 11.7. The highest BCUT2D eigenvalue weighted by atomic mass is 16.5. The maximum Gasteiger partial charge on any atom is 0.165 e. The molecule has 0 radical (unpaired) electrons. The van der Waals surface area contributed by atoms with Gasteiger partial charge in [-0.1, -0.05) is 36.4 Å². The number of benzene rings is 2. The summed E-state index contributed by atoms with van der Waals surface area (Å²) in [7, 11) is 0. The highest BCUT2D eigenvalue weighted by Gasteiger charge is 2.35. The fraction of sp³-hybridized carbons (Fsp3) is 0.429. The summed E-state index contributed by atoms with van der Waals surface area (Å²) >= 11 is 0. The van der Waals surface area contributed by atoms with Crippen molar-refractivity contribution in [3.05, 3.63) is 59.2 Å². The van der Waals surface area contributed by atoms with Crippen LogP contribution in [0.4, 0.5) is 0 Å². The topological polar surface area (TPSA) is 50.7 Å². The van der Waals surface area contributed by atoms with Gasteiger partial charge in [-0.05, 0) is 36.5 Å². The van der Waals surface area contributed by atoms with Crippen LogP contribution in [0.2, 0.25) is 0 Å². The quantitative estimate of drug-likeness (QED) is 0.898. The summed E-state index contributed by atoms with van der Waals surface area (Å²) in [6.45, 7) is 2.10. The fourth-order valence-electron chi connectivity index (χ4n) is 3.98. The molecule has 0 bridgehead atoms. The first-order valence-corrected chi connectivity index (χ1v) is 9.14. The van der Waals surface area contributed by atoms with E-state index in [9.17, 15) is 5.11 Å². The summed E-state index contributed by atoms with van der Waals surface area (Å²) in [5.74, 6) is 1.66. The highest BCUT2D eigenvalue weighted by Crippen LogP contribution is 2.37. The van der Waals surface area contributed by atoms with E-state index >= 15 is 0 Å². The molecular formula is C21H25NO3. The first-order chi connectivity index (χ1) is 12.3. The first-order valence-electron chi connectivity index (χ1n) is 9.14. The molecule has 0 amide bonds. The van der Waals surface area contributed by atoms with Crippen LogP contribution in [0.5, 0.6) is 11.5 Å². The standard InChI is InChI=1S/C21H25NO3/c23-15-21(11-4-8-16-6-1-2-9-18(16)21)22-14-17-7-3-10-19-20(17)25-13-5-12-24-19/h1-3,6-7,9-10,22-23H,4-5,8,11-15H2. The molecule has 0 saturated heterocycles. The van der Waals surface area contributed by atoms with Gasteiger partial charge in [0.15, 0.2) is 11.5 Å². The van der Waals surface area contributed by atoms with Crippen LogP contribution in [0, 0.1) is 0 Å². The molecular weight excluding hydrogens is 314 g/mol. The van der Waals surface area contributed by atoms with Crippen LogP contribution in [0.1, 0.15) is 36.0 Å². The summed E-state index contributed by atoms with van der Waals surface area (Å²) in [5, 5.41) is 13.9. The maximum absolute atomic E-state index is 10.2. The van der Waals surface area contributed by atoms with E-state index in [0.29, 0.717) is 19.8 Å². The molecule has 2 aromatic carbocycles. The Balaban J connectivity index is 1.61. The van der Waals surface area contributed by atoms with E-state index in [0.717, 1.165) is 42.7 Å². The van der Waals surface area contributed by atoms with Crippen LogP contribution in [0.25, 0.3) is 0 Å². The van der Waals surface area contributed by atoms with Gasteiger partial charge in [0.05, 0.1) is 25.4 Å². The van der Waals surface area contributed by atoms with Gasteiger partial charge in [0.2, 0.25) is 0 Å². The zero-order valence-electron chi connectivity index (χ0n) is 14.5. The van der Waals surface area contributed by atoms with Crippen molar-refractivity contribution in [1.82, 2.24) is 5.32 Å². The van der Waals surface area contributed by atoms with Crippen molar-refractivity contribution >= 4 is 0 Å². The molecule has 132 valence electrons. The molecule has 1 unspecified atom stereocenters. The second kappa shape index (κ2) is 7.06. The van der Waals surface area contributed by atoms with E-state index in [1.807, 2.05) is 12.1 Å². The van der Waals surface area contributed by atoms with Gasteiger partial charge in [0, 0.05) is 18.5 Å². The molecule has 2 N–H and O–H groups in total. The number of hydrogen-bond acceptors (Lipinski definition) is 4. The molecule has 0 aromatic heterocycles. The van der Waals surface area contributed by atoms with Gasteiger partial charge in [-0.3, -0.25) is 0 Å². The van der Waals surface area contributed by atoms with Crippen LogP contribution in [-0.4, -0.2) is 24.9 Å². The van der Waals surface area contributed by atoms with E-state index in [-0.39, 0.29) is 12.1 Å². The average molecular weight is 339 g/mol. The first kappa shape index (κ1) is 16.4. The molecule has 2 aliphatic rings. The van der Waals surface area contributed by atoms with E-state index in [1.54, 1.807) is 0 Å². The van der Waals surface area contributed by atoms with Gasteiger partial charge in [-0.15, -0.1) is 0 Å². The monoisotopic (exact) mass is 339 g/mol. The fourth-order valence-corrected chi connectivity index (χ4v) is 3.98. The molecule has 0 fully saturated rings. The van der Waals surface area contributed by atoms with Crippen molar-refractivity contribution in [2.75, 3.05) is 19.8 Å². The molecule has 4 heteroatoms. The predicted octanol–water partition coefficient (Wildman–Crippen LogP) is 3.16. The molecule has 1 aliphatic heterocycles. The van der Waals surface area contributed by atoms with Crippen molar-refractivity contribution in [3.63, 3.8) is 0 Å². The number of ether oxygens (including phenoxy) is 2. The van der Waals surface area contributed by atoms with Gasteiger partial charge in [-0.25, -0.2) is 0 Å². The Bertz CT molecular complexity index is 746. The van der Waals surface area contributed by atoms with Crippen LogP contribution in [0.3, 0.4) is 0 Å². The Morgan fingerprint density at radius 3 is 2.80 bits per heavy atom. The lowest BCUT2D eigenvalue weighted by Crippen LogP contribution is -2.47. The zero-order valence-corrected chi connectivity index (χ0v) is 14.5. The molecule has 4 nitrogen and oxygen atoms in total. The number of para-hydroxylation sites is 1. The number of aliphatic hydroxyl groups excluding tert-OH is 1. The molecule has 2 aromatic rings. The molecule has 1 aliphatic carbocycles. The third kappa shape index (κ3) is 3.12. The minimum Gasteiger partial charge on any atom is -0.490 e. The minimum absolute atomic E-state index is 0.0936. The number of rotatable bonds is 4. The van der Waals surface area contributed by atoms with Crippen molar-refractivity contribution in [1.29, 1.82) is 0 Å². The van der Waals surface area contributed by atoms with Gasteiger partial charge in [0.25, 0.3) is 0 Å². The normalized spacial score (nSPS) is 22.1. The summed E-state index contributed by atoms with van der Waals surface area (Å²) in [6, 6.07) is 14.5. The largest absolute Gasteiger partial charge is 0.490 e. The zero-order chi connectivity index (χ0) is 17.1. The second-order valence-corrected chi connectivity index (χ2v) is 6.90. The lowest BCUT2D eigenvalue weighted by Gasteiger charge is -2.39. The van der Waals surface area contributed by atoms with Gasteiger partial charge < -0.3 is 19.9 Å². The average Bonchev–Trinajstić information content (AvgIpc) is 2.92. The Morgan fingerprint density at radius 1 is 1.00 bits per heavy atom. The van der Waals surface area contributed by atoms with Crippen LogP contribution in [0.15, 0.2) is 42.5 Å². The lowest BCUT2D eigenvalue weighted by atomic mass is 9.77. The van der Waals surface area contributed by atoms with E-state index < -0.39 is 0 Å². The van der Waals surface area contributed by atoms with Crippen molar-refractivity contribution in [2.45, 2.75) is 37.8 Å². The summed E-state index contributed by atoms with van der Waals surface area (Å²) in [4.78, 5) is 0. The molecule has 25 heavy (non-hydrogen) atoms. The number of nitrogens with one attached hydrogen (secondary N) is 1. The SMILES string of the molecule is OCC1(NCc2cccc3c2OCCCO3)CCCc2ccccc21. The van der Waals surface area contributed by atoms with E-state index in [4.69, 9.17) is 9.47 Å². The Labute approximate surface area is 148 Å².